The van der Waals surface area contributed by atoms with Crippen molar-refractivity contribution in [3.63, 3.8) is 0 Å². The maximum absolute atomic E-state index is 12.7. The number of nitrogens with one attached hydrogen (secondary N) is 4. The van der Waals surface area contributed by atoms with E-state index < -0.39 is 60.2 Å². The fourth-order valence-electron chi connectivity index (χ4n) is 2.62. The van der Waals surface area contributed by atoms with Crippen LogP contribution in [0.5, 0.6) is 0 Å². The molecule has 0 bridgehead atoms. The molecule has 0 aliphatic carbocycles. The van der Waals surface area contributed by atoms with Crippen molar-refractivity contribution in [1.29, 1.82) is 0 Å². The Hall–Kier alpha value is -2.78. The van der Waals surface area contributed by atoms with E-state index in [1.54, 1.807) is 0 Å². The third-order valence-electron chi connectivity index (χ3n) is 4.42. The number of hydrogen-bond acceptors (Lipinski definition) is 9. The Bertz CT molecular complexity index is 823. The summed E-state index contributed by atoms with van der Waals surface area (Å²) in [6.45, 7) is 0. The van der Waals surface area contributed by atoms with E-state index in [4.69, 9.17) is 11.5 Å². The number of carbonyl (C=O) groups is 5. The minimum atomic E-state index is -1.47. The Labute approximate surface area is 200 Å². The van der Waals surface area contributed by atoms with Crippen LogP contribution in [0.3, 0.4) is 0 Å². The number of hydrogen-bond donors (Lipinski definition) is 8. The highest BCUT2D eigenvalue weighted by Crippen LogP contribution is 2.03. The molecule has 0 aromatic carbocycles. The van der Waals surface area contributed by atoms with Crippen molar-refractivity contribution in [3.8, 4) is 0 Å². The molecule has 33 heavy (non-hydrogen) atoms. The number of aromatic nitrogens is 2. The molecule has 0 saturated heterocycles. The number of rotatable bonds is 15. The summed E-state index contributed by atoms with van der Waals surface area (Å²) in [6.07, 6.45) is 4.31. The first kappa shape index (κ1) is 28.3. The summed E-state index contributed by atoms with van der Waals surface area (Å²) in [6, 6.07) is -4.82. The lowest BCUT2D eigenvalue weighted by atomic mass is 10.1. The van der Waals surface area contributed by atoms with Gasteiger partial charge in [0, 0.05) is 24.1 Å². The molecule has 1 aromatic heterocycles. The van der Waals surface area contributed by atoms with Gasteiger partial charge in [0.2, 0.25) is 23.6 Å². The number of carbonyl (C=O) groups excluding carboxylic acids is 4. The molecule has 15 heteroatoms. The fourth-order valence-corrected chi connectivity index (χ4v) is 3.37. The molecule has 0 saturated carbocycles. The van der Waals surface area contributed by atoms with Crippen molar-refractivity contribution in [2.45, 2.75) is 43.4 Å². The van der Waals surface area contributed by atoms with Crippen molar-refractivity contribution in [3.05, 3.63) is 18.2 Å². The average Bonchev–Trinajstić information content (AvgIpc) is 3.27. The van der Waals surface area contributed by atoms with Crippen molar-refractivity contribution in [2.75, 3.05) is 17.8 Å². The lowest BCUT2D eigenvalue weighted by molar-refractivity contribution is -0.142. The fraction of sp³-hybridized carbons (Fsp3) is 0.556. The summed E-state index contributed by atoms with van der Waals surface area (Å²) >= 11 is 5.56. The maximum atomic E-state index is 12.7. The number of thioether (sulfide) groups is 1. The Morgan fingerprint density at radius 1 is 1.12 bits per heavy atom. The quantitative estimate of drug-likeness (QED) is 0.117. The molecule has 1 heterocycles. The number of aromatic amines is 1. The minimum Gasteiger partial charge on any atom is -0.480 e. The summed E-state index contributed by atoms with van der Waals surface area (Å²) in [4.78, 5) is 67.0. The number of nitrogens with zero attached hydrogens (tertiary/aromatic N) is 1. The number of H-pyrrole nitrogens is 1. The summed E-state index contributed by atoms with van der Waals surface area (Å²) in [7, 11) is 0. The van der Waals surface area contributed by atoms with Crippen LogP contribution < -0.4 is 27.4 Å². The number of nitrogens with two attached hydrogens (primary N) is 2. The maximum Gasteiger partial charge on any atom is 0.326 e. The van der Waals surface area contributed by atoms with Gasteiger partial charge >= 0.3 is 5.97 Å². The molecule has 4 unspecified atom stereocenters. The molecule has 4 amide bonds. The van der Waals surface area contributed by atoms with E-state index in [2.05, 4.69) is 38.5 Å². The van der Waals surface area contributed by atoms with Crippen molar-refractivity contribution >= 4 is 54.0 Å². The lowest BCUT2D eigenvalue weighted by Gasteiger charge is -2.24. The average molecular weight is 504 g/mol. The van der Waals surface area contributed by atoms with Crippen molar-refractivity contribution in [1.82, 2.24) is 25.9 Å². The zero-order chi connectivity index (χ0) is 25.0. The normalized spacial score (nSPS) is 14.4. The second-order valence-corrected chi connectivity index (χ2v) is 8.39. The summed E-state index contributed by atoms with van der Waals surface area (Å²) in [5.74, 6) is -4.01. The van der Waals surface area contributed by atoms with Crippen molar-refractivity contribution in [2.24, 2.45) is 11.5 Å². The number of thiol groups is 1. The first-order valence-electron chi connectivity index (χ1n) is 9.83. The van der Waals surface area contributed by atoms with Gasteiger partial charge in [0.1, 0.15) is 18.1 Å². The largest absolute Gasteiger partial charge is 0.480 e. The second kappa shape index (κ2) is 14.4. The van der Waals surface area contributed by atoms with Crippen LogP contribution in [0.15, 0.2) is 12.5 Å². The second-order valence-electron chi connectivity index (χ2n) is 7.04. The van der Waals surface area contributed by atoms with Crippen LogP contribution in [-0.2, 0) is 30.4 Å². The molecule has 0 spiro atoms. The van der Waals surface area contributed by atoms with Gasteiger partial charge in [0.15, 0.2) is 0 Å². The number of aliphatic carboxylic acids is 1. The van der Waals surface area contributed by atoms with Gasteiger partial charge in [0.25, 0.3) is 0 Å². The highest BCUT2D eigenvalue weighted by molar-refractivity contribution is 7.98. The molecular weight excluding hydrogens is 474 g/mol. The smallest absolute Gasteiger partial charge is 0.326 e. The Morgan fingerprint density at radius 3 is 2.24 bits per heavy atom. The van der Waals surface area contributed by atoms with Crippen LogP contribution in [0.25, 0.3) is 0 Å². The third kappa shape index (κ3) is 10.1. The number of imidazole rings is 1. The molecule has 4 atom stereocenters. The Balaban J connectivity index is 2.85. The molecule has 9 N–H and O–H groups in total. The number of amides is 4. The van der Waals surface area contributed by atoms with E-state index in [0.29, 0.717) is 17.9 Å². The van der Waals surface area contributed by atoms with Crippen LogP contribution in [0.4, 0.5) is 0 Å². The van der Waals surface area contributed by atoms with Crippen LogP contribution in [-0.4, -0.2) is 86.6 Å². The number of carboxylic acids is 1. The van der Waals surface area contributed by atoms with Gasteiger partial charge in [-0.2, -0.15) is 24.4 Å². The standard InChI is InChI=1S/C18H29N7O6S2/c1-33-3-2-10(19)15(27)25-13(7-32)17(29)23-11(5-14(20)26)16(28)24-12(18(30)31)4-9-6-21-8-22-9/h6,8,10-13,32H,2-5,7,19H2,1H3,(H2,20,26)(H,21,22)(H,23,29)(H,24,28)(H,25,27)(H,30,31). The first-order valence-corrected chi connectivity index (χ1v) is 11.9. The summed E-state index contributed by atoms with van der Waals surface area (Å²) < 4.78 is 0. The number of primary amides is 1. The summed E-state index contributed by atoms with van der Waals surface area (Å²) in [5, 5.41) is 16.4. The van der Waals surface area contributed by atoms with Crippen LogP contribution >= 0.6 is 24.4 Å². The molecule has 0 aliphatic heterocycles. The first-order chi connectivity index (χ1) is 15.6. The number of carboxylic acid groups (broad SMARTS) is 1. The van der Waals surface area contributed by atoms with E-state index in [0.717, 1.165) is 0 Å². The molecule has 13 nitrogen and oxygen atoms in total. The van der Waals surface area contributed by atoms with E-state index in [-0.39, 0.29) is 12.2 Å². The lowest BCUT2D eigenvalue weighted by Crippen LogP contribution is -2.58. The van der Waals surface area contributed by atoms with Gasteiger partial charge in [-0.1, -0.05) is 0 Å². The van der Waals surface area contributed by atoms with E-state index >= 15 is 0 Å². The van der Waals surface area contributed by atoms with Crippen molar-refractivity contribution < 1.29 is 29.1 Å². The molecule has 1 aromatic rings. The molecule has 184 valence electrons. The van der Waals surface area contributed by atoms with Gasteiger partial charge < -0.3 is 37.5 Å². The highest BCUT2D eigenvalue weighted by atomic mass is 32.2. The van der Waals surface area contributed by atoms with E-state index in [1.807, 2.05) is 6.26 Å². The van der Waals surface area contributed by atoms with E-state index in [9.17, 15) is 29.1 Å². The Kier molecular flexibility index (Phi) is 12.3. The van der Waals surface area contributed by atoms with Gasteiger partial charge in [0.05, 0.1) is 18.8 Å². The Morgan fingerprint density at radius 2 is 1.73 bits per heavy atom. The third-order valence-corrected chi connectivity index (χ3v) is 5.43. The minimum absolute atomic E-state index is 0.110. The predicted octanol–water partition coefficient (Wildman–Crippen LogP) is -2.62. The van der Waals surface area contributed by atoms with E-state index in [1.165, 1.54) is 24.3 Å². The van der Waals surface area contributed by atoms with Crippen LogP contribution in [0.2, 0.25) is 0 Å². The summed E-state index contributed by atoms with van der Waals surface area (Å²) in [5.41, 5.74) is 11.4. The predicted molar refractivity (Wildman–Crippen MR) is 124 cm³/mol. The van der Waals surface area contributed by atoms with Gasteiger partial charge in [-0.15, -0.1) is 0 Å². The molecule has 1 rings (SSSR count). The zero-order valence-electron chi connectivity index (χ0n) is 17.9. The highest BCUT2D eigenvalue weighted by Gasteiger charge is 2.31. The SMILES string of the molecule is CSCCC(N)C(=O)NC(CS)C(=O)NC(CC(N)=O)C(=O)NC(Cc1cnc[nH]1)C(=O)O. The topological polar surface area (TPSA) is 222 Å². The van der Waals surface area contributed by atoms with Gasteiger partial charge in [-0.3, -0.25) is 19.2 Å². The van der Waals surface area contributed by atoms with Crippen LogP contribution in [0.1, 0.15) is 18.5 Å². The zero-order valence-corrected chi connectivity index (χ0v) is 19.7. The van der Waals surface area contributed by atoms with Gasteiger partial charge in [-0.25, -0.2) is 9.78 Å². The molecule has 0 radical (unpaired) electrons. The van der Waals surface area contributed by atoms with Gasteiger partial charge in [-0.05, 0) is 18.4 Å². The monoisotopic (exact) mass is 503 g/mol. The van der Waals surface area contributed by atoms with Crippen LogP contribution in [0, 0.1) is 0 Å². The molecular formula is C18H29N7O6S2. The molecule has 0 aliphatic rings. The molecule has 0 fully saturated rings.